The average molecular weight is 462 g/mol. The fraction of sp³-hybridized carbons (Fsp3) is 0.154. The van der Waals surface area contributed by atoms with Crippen molar-refractivity contribution in [1.29, 1.82) is 0 Å². The fourth-order valence-electron chi connectivity index (χ4n) is 3.10. The van der Waals surface area contributed by atoms with Crippen molar-refractivity contribution in [1.82, 2.24) is 0 Å². The Kier molecular flexibility index (Phi) is 9.07. The van der Waals surface area contributed by atoms with Crippen LogP contribution >= 0.6 is 0 Å². The monoisotopic (exact) mass is 461 g/mol. The minimum Gasteiger partial charge on any atom is -0.491 e. The molecule has 0 radical (unpaired) electrons. The van der Waals surface area contributed by atoms with E-state index >= 15 is 0 Å². The molecule has 0 saturated heterocycles. The molecule has 0 unspecified atom stereocenters. The van der Waals surface area contributed by atoms with Crippen molar-refractivity contribution in [3.05, 3.63) is 96.6 Å². The number of nitrogens with two attached hydrogens (primary N) is 1. The van der Waals surface area contributed by atoms with Crippen LogP contribution in [0, 0.1) is 0 Å². The summed E-state index contributed by atoms with van der Waals surface area (Å²) < 4.78 is 11.1. The van der Waals surface area contributed by atoms with E-state index in [2.05, 4.69) is 10.6 Å². The standard InChI is InChI=1S/C26H27N3O5/c27-22-12-4-5-13-23(22)29-25(31)15-7-14-24(19-8-6-11-21(18-19)33-17-16-30)34-26(32)28-20-9-2-1-3-10-20/h1-13,15,18,24,30H,14,16-17,27H2,(H,28,32)(H,29,31)/b15-7+/t24-/m1/s1. The molecule has 0 saturated carbocycles. The molecule has 0 bridgehead atoms. The lowest BCUT2D eigenvalue weighted by molar-refractivity contribution is -0.111. The predicted octanol–water partition coefficient (Wildman–Crippen LogP) is 4.51. The Morgan fingerprint density at radius 1 is 0.971 bits per heavy atom. The second-order valence-corrected chi connectivity index (χ2v) is 7.24. The zero-order valence-electron chi connectivity index (χ0n) is 18.5. The van der Waals surface area contributed by atoms with E-state index in [1.807, 2.05) is 6.07 Å². The predicted molar refractivity (Wildman–Crippen MR) is 132 cm³/mol. The Morgan fingerprint density at radius 3 is 2.50 bits per heavy atom. The molecular weight excluding hydrogens is 434 g/mol. The second kappa shape index (κ2) is 12.7. The van der Waals surface area contributed by atoms with Gasteiger partial charge < -0.3 is 25.6 Å². The molecule has 0 aliphatic carbocycles. The summed E-state index contributed by atoms with van der Waals surface area (Å²) in [6.45, 7) is 0.0274. The topological polar surface area (TPSA) is 123 Å². The summed E-state index contributed by atoms with van der Waals surface area (Å²) in [7, 11) is 0. The van der Waals surface area contributed by atoms with E-state index in [0.717, 1.165) is 0 Å². The van der Waals surface area contributed by atoms with Crippen LogP contribution < -0.4 is 21.1 Å². The summed E-state index contributed by atoms with van der Waals surface area (Å²) in [6, 6.07) is 22.9. The number of ether oxygens (including phenoxy) is 2. The lowest BCUT2D eigenvalue weighted by Gasteiger charge is -2.18. The van der Waals surface area contributed by atoms with Gasteiger partial charge in [0.1, 0.15) is 18.5 Å². The van der Waals surface area contributed by atoms with Gasteiger partial charge >= 0.3 is 6.09 Å². The maximum absolute atomic E-state index is 12.5. The van der Waals surface area contributed by atoms with Crippen LogP contribution in [0.3, 0.4) is 0 Å². The van der Waals surface area contributed by atoms with E-state index in [0.29, 0.717) is 28.4 Å². The third kappa shape index (κ3) is 7.68. The van der Waals surface area contributed by atoms with Crippen LogP contribution in [-0.2, 0) is 9.53 Å². The lowest BCUT2D eigenvalue weighted by atomic mass is 10.1. The number of benzene rings is 3. The molecule has 0 aliphatic heterocycles. The first-order valence-electron chi connectivity index (χ1n) is 10.7. The first kappa shape index (κ1) is 24.3. The Bertz CT molecular complexity index is 1120. The normalized spacial score (nSPS) is 11.6. The molecule has 3 rings (SSSR count). The van der Waals surface area contributed by atoms with Crippen molar-refractivity contribution < 1.29 is 24.2 Å². The molecule has 8 nitrogen and oxygen atoms in total. The van der Waals surface area contributed by atoms with Crippen LogP contribution in [0.1, 0.15) is 18.1 Å². The van der Waals surface area contributed by atoms with Crippen molar-refractivity contribution in [2.45, 2.75) is 12.5 Å². The zero-order chi connectivity index (χ0) is 24.2. The molecule has 176 valence electrons. The van der Waals surface area contributed by atoms with Gasteiger partial charge in [-0.1, -0.05) is 48.5 Å². The summed E-state index contributed by atoms with van der Waals surface area (Å²) in [5.74, 6) is 0.176. The third-order valence-electron chi connectivity index (χ3n) is 4.70. The van der Waals surface area contributed by atoms with E-state index in [-0.39, 0.29) is 25.5 Å². The molecule has 8 heteroatoms. The first-order valence-corrected chi connectivity index (χ1v) is 10.7. The number of hydrogen-bond donors (Lipinski definition) is 4. The summed E-state index contributed by atoms with van der Waals surface area (Å²) in [5.41, 5.74) is 8.11. The highest BCUT2D eigenvalue weighted by Gasteiger charge is 2.17. The number of carbonyl (C=O) groups is 2. The van der Waals surface area contributed by atoms with Crippen LogP contribution in [0.4, 0.5) is 21.9 Å². The smallest absolute Gasteiger partial charge is 0.412 e. The zero-order valence-corrected chi connectivity index (χ0v) is 18.5. The van der Waals surface area contributed by atoms with Crippen molar-refractivity contribution in [3.63, 3.8) is 0 Å². The molecule has 0 spiro atoms. The van der Waals surface area contributed by atoms with Crippen LogP contribution in [0.5, 0.6) is 5.75 Å². The van der Waals surface area contributed by atoms with Gasteiger partial charge in [0.15, 0.2) is 0 Å². The van der Waals surface area contributed by atoms with Gasteiger partial charge in [-0.15, -0.1) is 0 Å². The van der Waals surface area contributed by atoms with Gasteiger partial charge in [0.2, 0.25) is 5.91 Å². The molecule has 34 heavy (non-hydrogen) atoms. The van der Waals surface area contributed by atoms with Crippen LogP contribution in [-0.4, -0.2) is 30.3 Å². The van der Waals surface area contributed by atoms with E-state index in [1.54, 1.807) is 78.9 Å². The summed E-state index contributed by atoms with van der Waals surface area (Å²) in [4.78, 5) is 24.8. The summed E-state index contributed by atoms with van der Waals surface area (Å²) >= 11 is 0. The Hall–Kier alpha value is -4.30. The highest BCUT2D eigenvalue weighted by molar-refractivity contribution is 6.01. The van der Waals surface area contributed by atoms with Crippen molar-refractivity contribution in [2.75, 3.05) is 29.6 Å². The quantitative estimate of drug-likeness (QED) is 0.260. The number of hydrogen-bond acceptors (Lipinski definition) is 6. The summed E-state index contributed by atoms with van der Waals surface area (Å²) in [6.07, 6.45) is 1.91. The van der Waals surface area contributed by atoms with E-state index in [4.69, 9.17) is 20.3 Å². The number of para-hydroxylation sites is 3. The number of amides is 2. The number of carbonyl (C=O) groups excluding carboxylic acids is 2. The van der Waals surface area contributed by atoms with E-state index in [9.17, 15) is 9.59 Å². The number of rotatable bonds is 10. The van der Waals surface area contributed by atoms with Gasteiger partial charge in [0, 0.05) is 12.1 Å². The number of nitrogen functional groups attached to an aromatic ring is 1. The molecule has 3 aromatic rings. The van der Waals surface area contributed by atoms with Crippen molar-refractivity contribution in [3.8, 4) is 5.75 Å². The van der Waals surface area contributed by atoms with Crippen LogP contribution in [0.2, 0.25) is 0 Å². The Morgan fingerprint density at radius 2 is 1.74 bits per heavy atom. The van der Waals surface area contributed by atoms with Gasteiger partial charge in [-0.25, -0.2) is 4.79 Å². The number of aliphatic hydroxyl groups is 1. The molecule has 0 aliphatic rings. The van der Waals surface area contributed by atoms with E-state index < -0.39 is 12.2 Å². The molecule has 3 aromatic carbocycles. The molecule has 0 fully saturated rings. The van der Waals surface area contributed by atoms with Crippen LogP contribution in [0.25, 0.3) is 0 Å². The largest absolute Gasteiger partial charge is 0.491 e. The number of anilines is 3. The fourth-order valence-corrected chi connectivity index (χ4v) is 3.10. The van der Waals surface area contributed by atoms with Crippen molar-refractivity contribution in [2.24, 2.45) is 0 Å². The van der Waals surface area contributed by atoms with Crippen molar-refractivity contribution >= 4 is 29.1 Å². The molecular formula is C26H27N3O5. The van der Waals surface area contributed by atoms with Gasteiger partial charge in [-0.05, 0) is 48.0 Å². The average Bonchev–Trinajstić information content (AvgIpc) is 2.84. The third-order valence-corrected chi connectivity index (χ3v) is 4.70. The SMILES string of the molecule is Nc1ccccc1NC(=O)/C=C/C[C@@H](OC(=O)Nc1ccccc1)c1cccc(OCCO)c1. The maximum Gasteiger partial charge on any atom is 0.412 e. The highest BCUT2D eigenvalue weighted by Crippen LogP contribution is 2.26. The van der Waals surface area contributed by atoms with Gasteiger partial charge in [0.05, 0.1) is 18.0 Å². The molecule has 0 aromatic heterocycles. The number of aliphatic hydroxyl groups excluding tert-OH is 1. The maximum atomic E-state index is 12.5. The van der Waals surface area contributed by atoms with Gasteiger partial charge in [0.25, 0.3) is 0 Å². The highest BCUT2D eigenvalue weighted by atomic mass is 16.6. The second-order valence-electron chi connectivity index (χ2n) is 7.24. The Balaban J connectivity index is 1.70. The summed E-state index contributed by atoms with van der Waals surface area (Å²) in [5, 5.41) is 14.4. The number of nitrogens with one attached hydrogen (secondary N) is 2. The minimum atomic E-state index is -0.688. The molecule has 2 amide bonds. The van der Waals surface area contributed by atoms with Gasteiger partial charge in [-0.2, -0.15) is 0 Å². The molecule has 1 atom stereocenters. The van der Waals surface area contributed by atoms with E-state index in [1.165, 1.54) is 6.08 Å². The first-order chi connectivity index (χ1) is 16.5. The van der Waals surface area contributed by atoms with Crippen LogP contribution in [0.15, 0.2) is 91.0 Å². The molecule has 5 N–H and O–H groups in total. The lowest BCUT2D eigenvalue weighted by Crippen LogP contribution is -2.17. The minimum absolute atomic E-state index is 0.118. The molecule has 0 heterocycles. The van der Waals surface area contributed by atoms with Gasteiger partial charge in [-0.3, -0.25) is 10.1 Å². The Labute approximate surface area is 198 Å².